The van der Waals surface area contributed by atoms with Crippen LogP contribution in [-0.2, 0) is 10.2 Å². The monoisotopic (exact) mass is 411 g/mol. The van der Waals surface area contributed by atoms with Gasteiger partial charge in [-0.3, -0.25) is 9.78 Å². The quantitative estimate of drug-likeness (QED) is 0.728. The van der Waals surface area contributed by atoms with Crippen LogP contribution in [-0.4, -0.2) is 43.3 Å². The molecule has 1 heterocycles. The van der Waals surface area contributed by atoms with Crippen LogP contribution in [0.2, 0.25) is 0 Å². The fourth-order valence-corrected chi connectivity index (χ4v) is 3.98. The highest BCUT2D eigenvalue weighted by Gasteiger charge is 2.39. The second-order valence-corrected chi connectivity index (χ2v) is 7.51. The maximum atomic E-state index is 12.8. The first-order valence-corrected chi connectivity index (χ1v) is 10.3. The summed E-state index contributed by atoms with van der Waals surface area (Å²) < 4.78 is 10.8. The van der Waals surface area contributed by atoms with Crippen LogP contribution in [0.1, 0.15) is 48.7 Å². The molecular formula is C23H29N3O4. The van der Waals surface area contributed by atoms with Crippen molar-refractivity contribution in [3.05, 3.63) is 59.9 Å². The maximum Gasteiger partial charge on any atom is 0.407 e. The van der Waals surface area contributed by atoms with E-state index in [0.29, 0.717) is 24.4 Å². The van der Waals surface area contributed by atoms with Gasteiger partial charge in [-0.2, -0.15) is 0 Å². The number of hydrogen-bond acceptors (Lipinski definition) is 5. The molecule has 2 N–H and O–H groups in total. The largest absolute Gasteiger partial charge is 0.496 e. The highest BCUT2D eigenvalue weighted by molar-refractivity contribution is 5.96. The van der Waals surface area contributed by atoms with Gasteiger partial charge in [-0.1, -0.05) is 18.2 Å². The van der Waals surface area contributed by atoms with Crippen LogP contribution in [0.25, 0.3) is 0 Å². The van der Waals surface area contributed by atoms with Gasteiger partial charge in [-0.15, -0.1) is 0 Å². The molecule has 0 unspecified atom stereocenters. The molecule has 2 amide bonds. The zero-order chi connectivity index (χ0) is 21.4. The number of nitrogens with one attached hydrogen (secondary N) is 2. The maximum absolute atomic E-state index is 12.8. The minimum Gasteiger partial charge on any atom is -0.496 e. The van der Waals surface area contributed by atoms with Crippen molar-refractivity contribution >= 4 is 12.0 Å². The predicted octanol–water partition coefficient (Wildman–Crippen LogP) is 3.45. The third-order valence-corrected chi connectivity index (χ3v) is 5.63. The van der Waals surface area contributed by atoms with Gasteiger partial charge < -0.3 is 20.1 Å². The molecule has 160 valence electrons. The number of methoxy groups -OCH3 is 1. The van der Waals surface area contributed by atoms with Gasteiger partial charge in [-0.25, -0.2) is 4.79 Å². The molecule has 0 spiro atoms. The third-order valence-electron chi connectivity index (χ3n) is 5.63. The van der Waals surface area contributed by atoms with Gasteiger partial charge in [-0.05, 0) is 56.9 Å². The molecule has 7 heteroatoms. The standard InChI is InChI=1S/C23H29N3O4/c1-3-24-22(28)30-17-11-13-23(14-12-17,20-10-6-7-15-25-20)16-26-21(27)18-8-4-5-9-19(18)29-2/h4-10,15,17H,3,11-14,16H2,1-2H3,(H,24,28)(H,26,27)/t17-,23+. The van der Waals surface area contributed by atoms with E-state index in [-0.39, 0.29) is 23.5 Å². The zero-order valence-electron chi connectivity index (χ0n) is 17.5. The van der Waals surface area contributed by atoms with Gasteiger partial charge in [0, 0.05) is 30.4 Å². The first kappa shape index (κ1) is 21.6. The average molecular weight is 412 g/mol. The van der Waals surface area contributed by atoms with Crippen molar-refractivity contribution in [3.8, 4) is 5.75 Å². The van der Waals surface area contributed by atoms with Gasteiger partial charge in [0.2, 0.25) is 0 Å². The molecule has 0 atom stereocenters. The molecule has 0 bridgehead atoms. The van der Waals surface area contributed by atoms with E-state index < -0.39 is 0 Å². The first-order valence-electron chi connectivity index (χ1n) is 10.3. The van der Waals surface area contributed by atoms with Crippen molar-refractivity contribution in [1.29, 1.82) is 0 Å². The Bertz CT molecular complexity index is 849. The molecule has 7 nitrogen and oxygen atoms in total. The Hall–Kier alpha value is -3.09. The van der Waals surface area contributed by atoms with Gasteiger partial charge in [0.1, 0.15) is 11.9 Å². The summed E-state index contributed by atoms with van der Waals surface area (Å²) in [7, 11) is 1.55. The SMILES string of the molecule is CCNC(=O)O[C@H]1CC[C@@](CNC(=O)c2ccccc2OC)(c2ccccn2)CC1. The number of aromatic nitrogens is 1. The number of amides is 2. The molecule has 1 aromatic carbocycles. The number of nitrogens with zero attached hydrogens (tertiary/aromatic N) is 1. The fraction of sp³-hybridized carbons (Fsp3) is 0.435. The summed E-state index contributed by atoms with van der Waals surface area (Å²) in [6, 6.07) is 13.0. The number of carbonyl (C=O) groups is 2. The molecule has 1 fully saturated rings. The van der Waals surface area contributed by atoms with Gasteiger partial charge in [0.25, 0.3) is 5.91 Å². The lowest BCUT2D eigenvalue weighted by atomic mass is 9.70. The number of hydrogen-bond donors (Lipinski definition) is 2. The van der Waals surface area contributed by atoms with Gasteiger partial charge >= 0.3 is 6.09 Å². The lowest BCUT2D eigenvalue weighted by Crippen LogP contribution is -2.45. The van der Waals surface area contributed by atoms with Crippen LogP contribution >= 0.6 is 0 Å². The molecule has 0 saturated heterocycles. The van der Waals surface area contributed by atoms with Crippen LogP contribution in [0.5, 0.6) is 5.75 Å². The van der Waals surface area contributed by atoms with E-state index in [1.165, 1.54) is 0 Å². The summed E-state index contributed by atoms with van der Waals surface area (Å²) in [5.74, 6) is 0.365. The summed E-state index contributed by atoms with van der Waals surface area (Å²) in [6.45, 7) is 2.85. The van der Waals surface area contributed by atoms with Crippen molar-refractivity contribution in [3.63, 3.8) is 0 Å². The second-order valence-electron chi connectivity index (χ2n) is 7.51. The number of alkyl carbamates (subject to hydrolysis) is 1. The molecular weight excluding hydrogens is 382 g/mol. The predicted molar refractivity (Wildman–Crippen MR) is 114 cm³/mol. The smallest absolute Gasteiger partial charge is 0.407 e. The van der Waals surface area contributed by atoms with Crippen LogP contribution in [0.15, 0.2) is 48.7 Å². The Morgan fingerprint density at radius 3 is 2.50 bits per heavy atom. The summed E-state index contributed by atoms with van der Waals surface area (Å²) in [6.07, 6.45) is 4.24. The lowest BCUT2D eigenvalue weighted by molar-refractivity contribution is 0.0561. The number of para-hydroxylation sites is 1. The van der Waals surface area contributed by atoms with E-state index in [2.05, 4.69) is 15.6 Å². The number of carbonyl (C=O) groups excluding carboxylic acids is 2. The fourth-order valence-electron chi connectivity index (χ4n) is 3.98. The molecule has 3 rings (SSSR count). The van der Waals surface area contributed by atoms with Crippen LogP contribution in [0.4, 0.5) is 4.79 Å². The number of ether oxygens (including phenoxy) is 2. The summed E-state index contributed by atoms with van der Waals surface area (Å²) in [5.41, 5.74) is 1.14. The van der Waals surface area contributed by atoms with E-state index in [4.69, 9.17) is 9.47 Å². The molecule has 1 aliphatic carbocycles. The normalized spacial score (nSPS) is 20.8. The van der Waals surface area contributed by atoms with E-state index in [1.807, 2.05) is 37.3 Å². The number of rotatable bonds is 7. The Kier molecular flexibility index (Phi) is 7.27. The third kappa shape index (κ3) is 5.09. The summed E-state index contributed by atoms with van der Waals surface area (Å²) >= 11 is 0. The Labute approximate surface area is 177 Å². The Balaban J connectivity index is 1.71. The molecule has 1 saturated carbocycles. The van der Waals surface area contributed by atoms with E-state index in [1.54, 1.807) is 25.4 Å². The van der Waals surface area contributed by atoms with Crippen LogP contribution in [0.3, 0.4) is 0 Å². The topological polar surface area (TPSA) is 89.6 Å². The minimum absolute atomic E-state index is 0.127. The molecule has 1 aromatic heterocycles. The summed E-state index contributed by atoms with van der Waals surface area (Å²) in [5, 5.41) is 5.75. The van der Waals surface area contributed by atoms with Crippen molar-refractivity contribution < 1.29 is 19.1 Å². The molecule has 1 aliphatic rings. The average Bonchev–Trinajstić information content (AvgIpc) is 2.79. The van der Waals surface area contributed by atoms with Crippen LogP contribution < -0.4 is 15.4 Å². The number of pyridine rings is 1. The molecule has 30 heavy (non-hydrogen) atoms. The Morgan fingerprint density at radius 1 is 1.10 bits per heavy atom. The molecule has 0 aliphatic heterocycles. The van der Waals surface area contributed by atoms with Crippen molar-refractivity contribution in [2.24, 2.45) is 0 Å². The minimum atomic E-state index is -0.377. The molecule has 2 aromatic rings. The number of benzene rings is 1. The van der Waals surface area contributed by atoms with E-state index in [0.717, 1.165) is 31.4 Å². The molecule has 0 radical (unpaired) electrons. The Morgan fingerprint density at radius 2 is 1.83 bits per heavy atom. The van der Waals surface area contributed by atoms with E-state index >= 15 is 0 Å². The lowest BCUT2D eigenvalue weighted by Gasteiger charge is -2.39. The van der Waals surface area contributed by atoms with Gasteiger partial charge in [0.15, 0.2) is 0 Å². The van der Waals surface area contributed by atoms with Crippen LogP contribution in [0, 0.1) is 0 Å². The van der Waals surface area contributed by atoms with Gasteiger partial charge in [0.05, 0.1) is 12.7 Å². The first-order chi connectivity index (χ1) is 14.6. The second kappa shape index (κ2) is 10.1. The highest BCUT2D eigenvalue weighted by atomic mass is 16.6. The summed E-state index contributed by atoms with van der Waals surface area (Å²) in [4.78, 5) is 29.2. The zero-order valence-corrected chi connectivity index (χ0v) is 17.5. The van der Waals surface area contributed by atoms with Crippen molar-refractivity contribution in [1.82, 2.24) is 15.6 Å². The van der Waals surface area contributed by atoms with Crippen molar-refractivity contribution in [2.75, 3.05) is 20.2 Å². The van der Waals surface area contributed by atoms with E-state index in [9.17, 15) is 9.59 Å². The highest BCUT2D eigenvalue weighted by Crippen LogP contribution is 2.39. The van der Waals surface area contributed by atoms with Crippen molar-refractivity contribution in [2.45, 2.75) is 44.1 Å².